The molecule has 1 aromatic heterocycles. The SMILES string of the molecule is CCCC(=O)Nc1cccc(S(=O)Nc2nc3ccccc3nc2Nc2cc(C)cc(OC)c2)c1. The second kappa shape index (κ2) is 11.0. The first kappa shape index (κ1) is 24.2. The van der Waals surface area contributed by atoms with E-state index in [4.69, 9.17) is 9.72 Å². The monoisotopic (exact) mass is 489 g/mol. The lowest BCUT2D eigenvalue weighted by Crippen LogP contribution is -2.12. The molecule has 9 heteroatoms. The number of aryl methyl sites for hydroxylation is 1. The summed E-state index contributed by atoms with van der Waals surface area (Å²) >= 11 is 0. The summed E-state index contributed by atoms with van der Waals surface area (Å²) in [6.07, 6.45) is 1.18. The number of methoxy groups -OCH3 is 1. The van der Waals surface area contributed by atoms with Crippen LogP contribution in [0.1, 0.15) is 25.3 Å². The smallest absolute Gasteiger partial charge is 0.224 e. The average Bonchev–Trinajstić information content (AvgIpc) is 2.84. The normalized spacial score (nSPS) is 11.6. The molecule has 0 saturated heterocycles. The van der Waals surface area contributed by atoms with Gasteiger partial charge in [-0.05, 0) is 61.4 Å². The summed E-state index contributed by atoms with van der Waals surface area (Å²) in [6, 6.07) is 20.2. The standard InChI is InChI=1S/C26H27N5O3S/c1-4-8-24(32)27-18-9-7-10-21(16-18)35(33)31-26-25(29-22-11-5-6-12-23(22)30-26)28-19-13-17(2)14-20(15-19)34-3/h5-7,9-16H,4,8H2,1-3H3,(H,27,32)(H,28,29)(H,30,31). The molecule has 1 unspecified atom stereocenters. The van der Waals surface area contributed by atoms with Crippen LogP contribution in [-0.4, -0.2) is 27.2 Å². The van der Waals surface area contributed by atoms with Crippen molar-refractivity contribution in [2.45, 2.75) is 31.6 Å². The lowest BCUT2D eigenvalue weighted by Gasteiger charge is -2.14. The van der Waals surface area contributed by atoms with Crippen molar-refractivity contribution in [2.75, 3.05) is 22.5 Å². The Bertz CT molecular complexity index is 1390. The predicted molar refractivity (Wildman–Crippen MR) is 141 cm³/mol. The third-order valence-electron chi connectivity index (χ3n) is 5.12. The molecule has 0 saturated carbocycles. The molecule has 4 aromatic rings. The highest BCUT2D eigenvalue weighted by Crippen LogP contribution is 2.29. The number of nitrogens with zero attached hydrogens (tertiary/aromatic N) is 2. The van der Waals surface area contributed by atoms with Gasteiger partial charge in [0.15, 0.2) is 22.6 Å². The molecule has 0 fully saturated rings. The van der Waals surface area contributed by atoms with Gasteiger partial charge in [0, 0.05) is 23.9 Å². The van der Waals surface area contributed by atoms with E-state index in [1.165, 1.54) is 0 Å². The molecule has 180 valence electrons. The van der Waals surface area contributed by atoms with Gasteiger partial charge in [-0.15, -0.1) is 0 Å². The Morgan fingerprint density at radius 3 is 2.40 bits per heavy atom. The molecule has 4 rings (SSSR count). The third-order valence-corrected chi connectivity index (χ3v) is 6.18. The van der Waals surface area contributed by atoms with Crippen LogP contribution in [0.25, 0.3) is 11.0 Å². The van der Waals surface area contributed by atoms with Crippen molar-refractivity contribution < 1.29 is 13.7 Å². The molecule has 0 aliphatic heterocycles. The first-order chi connectivity index (χ1) is 16.9. The Kier molecular flexibility index (Phi) is 7.57. The van der Waals surface area contributed by atoms with E-state index in [9.17, 15) is 9.00 Å². The number of carbonyl (C=O) groups is 1. The number of fused-ring (bicyclic) bond motifs is 1. The van der Waals surface area contributed by atoms with Gasteiger partial charge < -0.3 is 15.4 Å². The Hall–Kier alpha value is -3.98. The van der Waals surface area contributed by atoms with E-state index in [0.717, 1.165) is 17.7 Å². The molecule has 0 spiro atoms. The van der Waals surface area contributed by atoms with Gasteiger partial charge in [0.2, 0.25) is 5.91 Å². The maximum atomic E-state index is 13.2. The molecule has 0 radical (unpaired) electrons. The molecule has 1 heterocycles. The van der Waals surface area contributed by atoms with Crippen LogP contribution in [-0.2, 0) is 15.8 Å². The lowest BCUT2D eigenvalue weighted by molar-refractivity contribution is -0.116. The average molecular weight is 490 g/mol. The van der Waals surface area contributed by atoms with E-state index in [0.29, 0.717) is 45.4 Å². The molecule has 1 atom stereocenters. The van der Waals surface area contributed by atoms with Crippen LogP contribution in [0, 0.1) is 6.92 Å². The minimum Gasteiger partial charge on any atom is -0.497 e. The van der Waals surface area contributed by atoms with E-state index in [1.54, 1.807) is 31.4 Å². The Balaban J connectivity index is 1.65. The van der Waals surface area contributed by atoms with E-state index < -0.39 is 11.0 Å². The molecule has 1 amide bonds. The summed E-state index contributed by atoms with van der Waals surface area (Å²) in [5, 5.41) is 6.11. The van der Waals surface area contributed by atoms with Gasteiger partial charge in [-0.25, -0.2) is 14.2 Å². The number of hydrogen-bond acceptors (Lipinski definition) is 6. The van der Waals surface area contributed by atoms with Crippen LogP contribution in [0.2, 0.25) is 0 Å². The highest BCUT2D eigenvalue weighted by atomic mass is 32.2. The lowest BCUT2D eigenvalue weighted by atomic mass is 10.2. The van der Waals surface area contributed by atoms with Crippen molar-refractivity contribution in [3.63, 3.8) is 0 Å². The van der Waals surface area contributed by atoms with Crippen molar-refractivity contribution in [3.05, 3.63) is 72.3 Å². The van der Waals surface area contributed by atoms with Gasteiger partial charge in [0.25, 0.3) is 0 Å². The second-order valence-corrected chi connectivity index (χ2v) is 9.18. The van der Waals surface area contributed by atoms with Crippen molar-refractivity contribution in [1.29, 1.82) is 0 Å². The van der Waals surface area contributed by atoms with Gasteiger partial charge >= 0.3 is 0 Å². The quantitative estimate of drug-likeness (QED) is 0.284. The predicted octanol–water partition coefficient (Wildman–Crippen LogP) is 5.56. The number of benzene rings is 3. The molecule has 3 N–H and O–H groups in total. The van der Waals surface area contributed by atoms with E-state index >= 15 is 0 Å². The van der Waals surface area contributed by atoms with Gasteiger partial charge in [-0.2, -0.15) is 0 Å². The molecular weight excluding hydrogens is 462 g/mol. The summed E-state index contributed by atoms with van der Waals surface area (Å²) < 4.78 is 21.6. The number of anilines is 4. The maximum Gasteiger partial charge on any atom is 0.224 e. The number of nitrogens with one attached hydrogen (secondary N) is 3. The Labute approximate surface area is 206 Å². The molecule has 0 aliphatic carbocycles. The summed E-state index contributed by atoms with van der Waals surface area (Å²) in [5.41, 5.74) is 3.74. The summed E-state index contributed by atoms with van der Waals surface area (Å²) in [4.78, 5) is 21.8. The van der Waals surface area contributed by atoms with Crippen LogP contribution >= 0.6 is 0 Å². The van der Waals surface area contributed by atoms with Crippen molar-refractivity contribution in [1.82, 2.24) is 9.97 Å². The number of rotatable bonds is 9. The first-order valence-corrected chi connectivity index (χ1v) is 12.4. The van der Waals surface area contributed by atoms with Crippen LogP contribution < -0.4 is 20.1 Å². The third kappa shape index (κ3) is 6.13. The summed E-state index contributed by atoms with van der Waals surface area (Å²) in [7, 11) is -0.0389. The second-order valence-electron chi connectivity index (χ2n) is 7.97. The zero-order valence-electron chi connectivity index (χ0n) is 19.8. The van der Waals surface area contributed by atoms with Gasteiger partial charge in [-0.3, -0.25) is 9.52 Å². The Morgan fingerprint density at radius 1 is 0.943 bits per heavy atom. The fraction of sp³-hybridized carbons (Fsp3) is 0.192. The highest BCUT2D eigenvalue weighted by molar-refractivity contribution is 7.86. The van der Waals surface area contributed by atoms with Crippen LogP contribution in [0.15, 0.2) is 71.6 Å². The number of aromatic nitrogens is 2. The van der Waals surface area contributed by atoms with E-state index in [-0.39, 0.29) is 5.91 Å². The molecule has 0 bridgehead atoms. The maximum absolute atomic E-state index is 13.2. The number of amides is 1. The first-order valence-electron chi connectivity index (χ1n) is 11.2. The zero-order chi connectivity index (χ0) is 24.8. The van der Waals surface area contributed by atoms with E-state index in [2.05, 4.69) is 20.3 Å². The fourth-order valence-electron chi connectivity index (χ4n) is 3.52. The summed E-state index contributed by atoms with van der Waals surface area (Å²) in [6.45, 7) is 3.91. The molecule has 3 aromatic carbocycles. The van der Waals surface area contributed by atoms with Gasteiger partial charge in [0.1, 0.15) is 5.75 Å². The minimum absolute atomic E-state index is 0.0798. The Morgan fingerprint density at radius 2 is 1.69 bits per heavy atom. The number of carbonyl (C=O) groups excluding carboxylic acids is 1. The summed E-state index contributed by atoms with van der Waals surface area (Å²) in [5.74, 6) is 1.39. The molecule has 0 aliphatic rings. The van der Waals surface area contributed by atoms with Gasteiger partial charge in [-0.1, -0.05) is 25.1 Å². The number of ether oxygens (including phenoxy) is 1. The van der Waals surface area contributed by atoms with E-state index in [1.807, 2.05) is 56.3 Å². The van der Waals surface area contributed by atoms with Crippen LogP contribution in [0.3, 0.4) is 0 Å². The topological polar surface area (TPSA) is 105 Å². The molecule has 8 nitrogen and oxygen atoms in total. The fourth-order valence-corrected chi connectivity index (χ4v) is 4.39. The van der Waals surface area contributed by atoms with Crippen molar-refractivity contribution in [2.24, 2.45) is 0 Å². The van der Waals surface area contributed by atoms with Crippen LogP contribution in [0.5, 0.6) is 5.75 Å². The highest BCUT2D eigenvalue weighted by Gasteiger charge is 2.14. The number of hydrogen-bond donors (Lipinski definition) is 3. The van der Waals surface area contributed by atoms with Crippen LogP contribution in [0.4, 0.5) is 23.0 Å². The van der Waals surface area contributed by atoms with Crippen molar-refractivity contribution in [3.8, 4) is 5.75 Å². The molecular formula is C26H27N5O3S. The minimum atomic E-state index is -1.65. The number of para-hydroxylation sites is 2. The largest absolute Gasteiger partial charge is 0.497 e. The molecule has 35 heavy (non-hydrogen) atoms. The van der Waals surface area contributed by atoms with Gasteiger partial charge in [0.05, 0.1) is 23.0 Å². The zero-order valence-corrected chi connectivity index (χ0v) is 20.6. The van der Waals surface area contributed by atoms with Crippen molar-refractivity contribution >= 4 is 50.9 Å².